The zero-order chi connectivity index (χ0) is 13.2. The quantitative estimate of drug-likeness (QED) is 0.770. The molecule has 0 amide bonds. The van der Waals surface area contributed by atoms with E-state index in [2.05, 4.69) is 4.98 Å². The van der Waals surface area contributed by atoms with Crippen molar-refractivity contribution in [1.29, 1.82) is 0 Å². The molecular weight excluding hydrogens is 238 g/mol. The second-order valence-electron chi connectivity index (χ2n) is 4.98. The summed E-state index contributed by atoms with van der Waals surface area (Å²) in [5.74, 6) is 0.519. The fourth-order valence-corrected chi connectivity index (χ4v) is 2.50. The van der Waals surface area contributed by atoms with E-state index < -0.39 is 0 Å². The molecule has 1 atom stereocenters. The number of nitrogens with zero attached hydrogens (tertiary/aromatic N) is 1. The lowest BCUT2D eigenvalue weighted by molar-refractivity contribution is 0.0376. The number of benzene rings is 1. The van der Waals surface area contributed by atoms with Crippen LogP contribution < -0.4 is 0 Å². The number of pyridine rings is 1. The van der Waals surface area contributed by atoms with E-state index in [9.17, 15) is 4.79 Å². The van der Waals surface area contributed by atoms with Crippen LogP contribution in [0.1, 0.15) is 30.1 Å². The van der Waals surface area contributed by atoms with Crippen molar-refractivity contribution in [2.24, 2.45) is 5.92 Å². The van der Waals surface area contributed by atoms with Gasteiger partial charge in [-0.1, -0.05) is 18.2 Å². The Balaban J connectivity index is 2.00. The van der Waals surface area contributed by atoms with Gasteiger partial charge in [0.1, 0.15) is 6.10 Å². The van der Waals surface area contributed by atoms with Gasteiger partial charge >= 0.3 is 0 Å². The summed E-state index contributed by atoms with van der Waals surface area (Å²) in [4.78, 5) is 16.8. The van der Waals surface area contributed by atoms with Gasteiger partial charge in [-0.05, 0) is 37.1 Å². The summed E-state index contributed by atoms with van der Waals surface area (Å²) in [7, 11) is 0. The van der Waals surface area contributed by atoms with Crippen LogP contribution in [0.4, 0.5) is 0 Å². The lowest BCUT2D eigenvalue weighted by atomic mass is 9.98. The fraction of sp³-hybridized carbons (Fsp3) is 0.375. The molecule has 1 fully saturated rings. The molecule has 0 bridgehead atoms. The number of carbonyl (C=O) groups excluding carboxylic acids is 1. The van der Waals surface area contributed by atoms with Crippen LogP contribution >= 0.6 is 0 Å². The van der Waals surface area contributed by atoms with E-state index in [0.29, 0.717) is 12.5 Å². The highest BCUT2D eigenvalue weighted by Crippen LogP contribution is 2.36. The SMILES string of the molecule is CCOC(C(=O)c1cccc2cnccc12)C1CC1. The predicted molar refractivity (Wildman–Crippen MR) is 74.2 cm³/mol. The Hall–Kier alpha value is -1.74. The van der Waals surface area contributed by atoms with Gasteiger partial charge in [0.2, 0.25) is 0 Å². The van der Waals surface area contributed by atoms with Crippen molar-refractivity contribution in [1.82, 2.24) is 4.98 Å². The molecule has 3 nitrogen and oxygen atoms in total. The highest BCUT2D eigenvalue weighted by Gasteiger charge is 2.37. The maximum atomic E-state index is 12.7. The van der Waals surface area contributed by atoms with E-state index in [1.165, 1.54) is 0 Å². The third-order valence-electron chi connectivity index (χ3n) is 3.60. The van der Waals surface area contributed by atoms with E-state index in [1.54, 1.807) is 12.4 Å². The Morgan fingerprint density at radius 1 is 1.42 bits per heavy atom. The van der Waals surface area contributed by atoms with Crippen molar-refractivity contribution in [3.05, 3.63) is 42.2 Å². The van der Waals surface area contributed by atoms with Crippen LogP contribution in [-0.4, -0.2) is 23.5 Å². The van der Waals surface area contributed by atoms with Crippen LogP contribution in [0.3, 0.4) is 0 Å². The molecule has 0 saturated heterocycles. The third-order valence-corrected chi connectivity index (χ3v) is 3.60. The lowest BCUT2D eigenvalue weighted by Gasteiger charge is -2.16. The van der Waals surface area contributed by atoms with Crippen LogP contribution in [-0.2, 0) is 4.74 Å². The molecule has 1 aliphatic carbocycles. The molecule has 1 saturated carbocycles. The molecule has 19 heavy (non-hydrogen) atoms. The normalized spacial score (nSPS) is 16.5. The van der Waals surface area contributed by atoms with Crippen molar-refractivity contribution in [2.75, 3.05) is 6.61 Å². The molecule has 0 spiro atoms. The average Bonchev–Trinajstić information content (AvgIpc) is 3.28. The number of Topliss-reactive ketones (excluding diaryl/α,β-unsaturated/α-hetero) is 1. The van der Waals surface area contributed by atoms with E-state index in [4.69, 9.17) is 4.74 Å². The molecule has 3 heteroatoms. The topological polar surface area (TPSA) is 39.2 Å². The molecule has 1 heterocycles. The van der Waals surface area contributed by atoms with Crippen molar-refractivity contribution in [3.63, 3.8) is 0 Å². The summed E-state index contributed by atoms with van der Waals surface area (Å²) in [5, 5.41) is 1.97. The first-order valence-corrected chi connectivity index (χ1v) is 6.80. The number of ketones is 1. The molecule has 0 N–H and O–H groups in total. The Bertz CT molecular complexity index is 599. The summed E-state index contributed by atoms with van der Waals surface area (Å²) >= 11 is 0. The maximum absolute atomic E-state index is 12.7. The molecule has 1 unspecified atom stereocenters. The first-order valence-electron chi connectivity index (χ1n) is 6.80. The zero-order valence-electron chi connectivity index (χ0n) is 11.0. The Morgan fingerprint density at radius 2 is 2.26 bits per heavy atom. The molecule has 0 aliphatic heterocycles. The number of ether oxygens (including phenoxy) is 1. The lowest BCUT2D eigenvalue weighted by Crippen LogP contribution is -2.26. The number of fused-ring (bicyclic) bond motifs is 1. The van der Waals surface area contributed by atoms with Crippen molar-refractivity contribution < 1.29 is 9.53 Å². The number of hydrogen-bond donors (Lipinski definition) is 0. The van der Waals surface area contributed by atoms with Gasteiger partial charge in [0, 0.05) is 30.0 Å². The van der Waals surface area contributed by atoms with Crippen LogP contribution in [0.5, 0.6) is 0 Å². The first kappa shape index (κ1) is 12.3. The van der Waals surface area contributed by atoms with Crippen LogP contribution in [0.2, 0.25) is 0 Å². The number of aromatic nitrogens is 1. The number of rotatable bonds is 5. The Morgan fingerprint density at radius 3 is 3.00 bits per heavy atom. The van der Waals surface area contributed by atoms with Crippen LogP contribution in [0.15, 0.2) is 36.7 Å². The highest BCUT2D eigenvalue weighted by molar-refractivity contribution is 6.10. The molecule has 0 radical (unpaired) electrons. The van der Waals surface area contributed by atoms with E-state index in [-0.39, 0.29) is 11.9 Å². The third kappa shape index (κ3) is 2.38. The average molecular weight is 255 g/mol. The van der Waals surface area contributed by atoms with Crippen LogP contribution in [0.25, 0.3) is 10.8 Å². The van der Waals surface area contributed by atoms with Gasteiger partial charge in [-0.3, -0.25) is 9.78 Å². The smallest absolute Gasteiger partial charge is 0.192 e. The van der Waals surface area contributed by atoms with Gasteiger partial charge in [-0.15, -0.1) is 0 Å². The minimum atomic E-state index is -0.274. The minimum absolute atomic E-state index is 0.112. The summed E-state index contributed by atoms with van der Waals surface area (Å²) in [5.41, 5.74) is 0.755. The summed E-state index contributed by atoms with van der Waals surface area (Å²) in [6.07, 6.45) is 5.44. The minimum Gasteiger partial charge on any atom is -0.370 e. The first-order chi connectivity index (χ1) is 9.31. The monoisotopic (exact) mass is 255 g/mol. The second kappa shape index (κ2) is 5.10. The largest absolute Gasteiger partial charge is 0.370 e. The van der Waals surface area contributed by atoms with Gasteiger partial charge < -0.3 is 4.74 Å². The molecule has 1 aliphatic rings. The van der Waals surface area contributed by atoms with Gasteiger partial charge in [0.15, 0.2) is 5.78 Å². The van der Waals surface area contributed by atoms with Crippen molar-refractivity contribution >= 4 is 16.6 Å². The summed E-state index contributed by atoms with van der Waals surface area (Å²) in [6.45, 7) is 2.52. The molecule has 1 aromatic heterocycles. The van der Waals surface area contributed by atoms with E-state index in [0.717, 1.165) is 29.2 Å². The highest BCUT2D eigenvalue weighted by atomic mass is 16.5. The molecule has 98 valence electrons. The molecule has 2 aromatic rings. The summed E-state index contributed by atoms with van der Waals surface area (Å²) < 4.78 is 5.67. The van der Waals surface area contributed by atoms with Gasteiger partial charge in [0.25, 0.3) is 0 Å². The molecule has 3 rings (SSSR count). The standard InChI is InChI=1S/C16H17NO2/c1-2-19-16(11-6-7-11)15(18)14-5-3-4-12-10-17-9-8-13(12)14/h3-5,8-11,16H,2,6-7H2,1H3. The van der Waals surface area contributed by atoms with Gasteiger partial charge in [0.05, 0.1) is 0 Å². The second-order valence-corrected chi connectivity index (χ2v) is 4.98. The van der Waals surface area contributed by atoms with Crippen molar-refractivity contribution in [2.45, 2.75) is 25.9 Å². The molecule has 1 aromatic carbocycles. The van der Waals surface area contributed by atoms with E-state index in [1.807, 2.05) is 31.2 Å². The van der Waals surface area contributed by atoms with Crippen LogP contribution in [0, 0.1) is 5.92 Å². The number of carbonyl (C=O) groups is 1. The van der Waals surface area contributed by atoms with Gasteiger partial charge in [-0.2, -0.15) is 0 Å². The Labute approximate surface area is 112 Å². The van der Waals surface area contributed by atoms with E-state index >= 15 is 0 Å². The van der Waals surface area contributed by atoms with Crippen molar-refractivity contribution in [3.8, 4) is 0 Å². The predicted octanol–water partition coefficient (Wildman–Crippen LogP) is 3.23. The summed E-state index contributed by atoms with van der Waals surface area (Å²) in [6, 6.07) is 7.68. The number of hydrogen-bond acceptors (Lipinski definition) is 3. The Kier molecular flexibility index (Phi) is 3.30. The molecular formula is C16H17NO2. The zero-order valence-corrected chi connectivity index (χ0v) is 11.0. The fourth-order valence-electron chi connectivity index (χ4n) is 2.50. The maximum Gasteiger partial charge on any atom is 0.192 e. The van der Waals surface area contributed by atoms with Gasteiger partial charge in [-0.25, -0.2) is 0 Å².